The first-order chi connectivity index (χ1) is 7.88. The molecule has 0 aliphatic heterocycles. The molecule has 4 N–H and O–H groups in total. The molecular formula is C11H13F2NO3. The van der Waals surface area contributed by atoms with Crippen molar-refractivity contribution in [2.75, 3.05) is 6.54 Å². The molecule has 0 aromatic heterocycles. The van der Waals surface area contributed by atoms with E-state index in [4.69, 9.17) is 10.8 Å². The van der Waals surface area contributed by atoms with Crippen LogP contribution in [0.3, 0.4) is 0 Å². The van der Waals surface area contributed by atoms with Crippen molar-refractivity contribution in [3.05, 3.63) is 28.8 Å². The van der Waals surface area contributed by atoms with Gasteiger partial charge in [0.05, 0.1) is 11.5 Å². The molecule has 0 saturated heterocycles. The number of carbonyl (C=O) groups is 1. The fourth-order valence-corrected chi connectivity index (χ4v) is 1.63. The van der Waals surface area contributed by atoms with E-state index in [0.717, 1.165) is 6.07 Å². The van der Waals surface area contributed by atoms with Crippen LogP contribution in [0.1, 0.15) is 29.0 Å². The van der Waals surface area contributed by atoms with E-state index in [1.807, 2.05) is 0 Å². The lowest BCUT2D eigenvalue weighted by atomic mass is 9.94. The molecule has 94 valence electrons. The number of benzene rings is 1. The van der Waals surface area contributed by atoms with Gasteiger partial charge in [-0.2, -0.15) is 0 Å². The van der Waals surface area contributed by atoms with Crippen molar-refractivity contribution in [2.45, 2.75) is 19.3 Å². The standard InChI is InChI=1S/C11H13F2NO3/c1-5-2-6(8(4-14)11(16)17)9(15)7(3-5)10(12)13/h2-3,8,10,15H,4,14H2,1H3,(H,16,17). The molecule has 4 nitrogen and oxygen atoms in total. The fraction of sp³-hybridized carbons (Fsp3) is 0.364. The van der Waals surface area contributed by atoms with Crippen LogP contribution in [0, 0.1) is 6.92 Å². The fourth-order valence-electron chi connectivity index (χ4n) is 1.63. The number of phenols is 1. The van der Waals surface area contributed by atoms with Gasteiger partial charge in [-0.15, -0.1) is 0 Å². The van der Waals surface area contributed by atoms with Gasteiger partial charge in [-0.05, 0) is 13.0 Å². The Hall–Kier alpha value is -1.69. The summed E-state index contributed by atoms with van der Waals surface area (Å²) in [5.41, 5.74) is 5.08. The van der Waals surface area contributed by atoms with Gasteiger partial charge in [-0.25, -0.2) is 8.78 Å². The van der Waals surface area contributed by atoms with Crippen molar-refractivity contribution in [1.82, 2.24) is 0 Å². The molecule has 0 bridgehead atoms. The minimum Gasteiger partial charge on any atom is -0.507 e. The molecule has 0 aliphatic carbocycles. The molecule has 1 atom stereocenters. The molecule has 0 heterocycles. The molecular weight excluding hydrogens is 232 g/mol. The lowest BCUT2D eigenvalue weighted by Gasteiger charge is -2.15. The number of carboxylic acid groups (broad SMARTS) is 1. The van der Waals surface area contributed by atoms with Crippen LogP contribution in [-0.2, 0) is 4.79 Å². The van der Waals surface area contributed by atoms with E-state index in [0.29, 0.717) is 5.56 Å². The van der Waals surface area contributed by atoms with Gasteiger partial charge in [0.15, 0.2) is 0 Å². The summed E-state index contributed by atoms with van der Waals surface area (Å²) < 4.78 is 25.2. The first-order valence-corrected chi connectivity index (χ1v) is 4.92. The highest BCUT2D eigenvalue weighted by atomic mass is 19.3. The summed E-state index contributed by atoms with van der Waals surface area (Å²) in [5.74, 6) is -3.13. The molecule has 1 aromatic rings. The third-order valence-corrected chi connectivity index (χ3v) is 2.46. The van der Waals surface area contributed by atoms with Crippen LogP contribution in [0.4, 0.5) is 8.78 Å². The number of hydrogen-bond acceptors (Lipinski definition) is 3. The normalized spacial score (nSPS) is 12.8. The molecule has 0 spiro atoms. The number of aromatic hydroxyl groups is 1. The smallest absolute Gasteiger partial charge is 0.312 e. The number of phenolic OH excluding ortho intramolecular Hbond substituents is 1. The number of hydrogen-bond donors (Lipinski definition) is 3. The third kappa shape index (κ3) is 2.71. The number of rotatable bonds is 4. The van der Waals surface area contributed by atoms with Crippen LogP contribution >= 0.6 is 0 Å². The summed E-state index contributed by atoms with van der Waals surface area (Å²) in [7, 11) is 0. The topological polar surface area (TPSA) is 83.5 Å². The Balaban J connectivity index is 3.37. The Kier molecular flexibility index (Phi) is 4.01. The van der Waals surface area contributed by atoms with Gasteiger partial charge in [-0.3, -0.25) is 4.79 Å². The van der Waals surface area contributed by atoms with Gasteiger partial charge in [-0.1, -0.05) is 11.6 Å². The van der Waals surface area contributed by atoms with Crippen LogP contribution in [0.5, 0.6) is 5.75 Å². The highest BCUT2D eigenvalue weighted by molar-refractivity contribution is 5.78. The summed E-state index contributed by atoms with van der Waals surface area (Å²) in [6.45, 7) is 1.28. The lowest BCUT2D eigenvalue weighted by Crippen LogP contribution is -2.21. The minimum atomic E-state index is -2.86. The Labute approximate surface area is 96.7 Å². The van der Waals surface area contributed by atoms with Crippen molar-refractivity contribution in [3.8, 4) is 5.75 Å². The summed E-state index contributed by atoms with van der Waals surface area (Å²) >= 11 is 0. The second kappa shape index (κ2) is 5.09. The van der Waals surface area contributed by atoms with E-state index in [9.17, 15) is 18.7 Å². The molecule has 0 amide bonds. The molecule has 1 unspecified atom stereocenters. The van der Waals surface area contributed by atoms with Gasteiger partial charge >= 0.3 is 5.97 Å². The zero-order chi connectivity index (χ0) is 13.2. The van der Waals surface area contributed by atoms with Crippen LogP contribution in [0.15, 0.2) is 12.1 Å². The van der Waals surface area contributed by atoms with Crippen LogP contribution in [-0.4, -0.2) is 22.7 Å². The lowest BCUT2D eigenvalue weighted by molar-refractivity contribution is -0.138. The molecule has 0 radical (unpaired) electrons. The molecule has 17 heavy (non-hydrogen) atoms. The second-order valence-electron chi connectivity index (χ2n) is 3.72. The van der Waals surface area contributed by atoms with E-state index in [-0.39, 0.29) is 12.1 Å². The number of halogens is 2. The highest BCUT2D eigenvalue weighted by Gasteiger charge is 2.25. The molecule has 0 fully saturated rings. The van der Waals surface area contributed by atoms with E-state index in [2.05, 4.69) is 0 Å². The zero-order valence-corrected chi connectivity index (χ0v) is 9.15. The predicted octanol–water partition coefficient (Wildman–Crippen LogP) is 1.77. The molecule has 0 aliphatic rings. The van der Waals surface area contributed by atoms with Crippen molar-refractivity contribution >= 4 is 5.97 Å². The molecule has 6 heteroatoms. The Bertz CT molecular complexity index is 435. The Morgan fingerprint density at radius 3 is 2.35 bits per heavy atom. The van der Waals surface area contributed by atoms with Gasteiger partial charge in [0, 0.05) is 12.1 Å². The quantitative estimate of drug-likeness (QED) is 0.754. The van der Waals surface area contributed by atoms with Gasteiger partial charge in [0.2, 0.25) is 0 Å². The molecule has 1 aromatic carbocycles. The SMILES string of the molecule is Cc1cc(C(F)F)c(O)c(C(CN)C(=O)O)c1. The number of aliphatic carboxylic acids is 1. The maximum Gasteiger partial charge on any atom is 0.312 e. The zero-order valence-electron chi connectivity index (χ0n) is 9.15. The van der Waals surface area contributed by atoms with Crippen molar-refractivity contribution in [2.24, 2.45) is 5.73 Å². The highest BCUT2D eigenvalue weighted by Crippen LogP contribution is 2.36. The van der Waals surface area contributed by atoms with Gasteiger partial charge in [0.1, 0.15) is 5.75 Å². The average Bonchev–Trinajstić information content (AvgIpc) is 2.22. The predicted molar refractivity (Wildman–Crippen MR) is 57.2 cm³/mol. The van der Waals surface area contributed by atoms with E-state index < -0.39 is 29.6 Å². The van der Waals surface area contributed by atoms with Crippen LogP contribution < -0.4 is 5.73 Å². The maximum atomic E-state index is 12.6. The van der Waals surface area contributed by atoms with E-state index in [1.165, 1.54) is 6.07 Å². The van der Waals surface area contributed by atoms with Crippen molar-refractivity contribution in [3.63, 3.8) is 0 Å². The largest absolute Gasteiger partial charge is 0.507 e. The monoisotopic (exact) mass is 245 g/mol. The van der Waals surface area contributed by atoms with Gasteiger partial charge < -0.3 is 15.9 Å². The number of alkyl halides is 2. The first kappa shape index (κ1) is 13.4. The average molecular weight is 245 g/mol. The van der Waals surface area contributed by atoms with Crippen LogP contribution in [0.2, 0.25) is 0 Å². The molecule has 1 rings (SSSR count). The second-order valence-corrected chi connectivity index (χ2v) is 3.72. The Morgan fingerprint density at radius 1 is 1.41 bits per heavy atom. The van der Waals surface area contributed by atoms with E-state index >= 15 is 0 Å². The maximum absolute atomic E-state index is 12.6. The number of nitrogens with two attached hydrogens (primary N) is 1. The summed E-state index contributed by atoms with van der Waals surface area (Å²) in [6.07, 6.45) is -2.86. The Morgan fingerprint density at radius 2 is 1.94 bits per heavy atom. The summed E-state index contributed by atoms with van der Waals surface area (Å²) in [4.78, 5) is 10.9. The van der Waals surface area contributed by atoms with Crippen LogP contribution in [0.25, 0.3) is 0 Å². The third-order valence-electron chi connectivity index (χ3n) is 2.46. The summed E-state index contributed by atoms with van der Waals surface area (Å²) in [6, 6.07) is 2.48. The first-order valence-electron chi connectivity index (χ1n) is 4.92. The number of aryl methyl sites for hydroxylation is 1. The van der Waals surface area contributed by atoms with E-state index in [1.54, 1.807) is 6.92 Å². The van der Waals surface area contributed by atoms with Crippen molar-refractivity contribution < 1.29 is 23.8 Å². The van der Waals surface area contributed by atoms with Crippen molar-refractivity contribution in [1.29, 1.82) is 0 Å². The minimum absolute atomic E-state index is 0.0738. The summed E-state index contributed by atoms with van der Waals surface area (Å²) in [5, 5.41) is 18.5. The molecule has 0 saturated carbocycles. The number of carboxylic acids is 1. The van der Waals surface area contributed by atoms with Gasteiger partial charge in [0.25, 0.3) is 6.43 Å².